The number of fused-ring (bicyclic) bond motifs is 3. The van der Waals surface area contributed by atoms with Crippen LogP contribution in [0.5, 0.6) is 0 Å². The number of carboxylic acid groups (broad SMARTS) is 1. The summed E-state index contributed by atoms with van der Waals surface area (Å²) in [5.41, 5.74) is 2.99. The van der Waals surface area contributed by atoms with Crippen LogP contribution in [0.15, 0.2) is 18.3 Å². The number of aliphatic carboxylic acids is 1. The minimum atomic E-state index is -0.783. The molecule has 0 amide bonds. The SMILES string of the molecule is CN[C@@H]1CCc2c(CC(=O)O)c3cccnc3n2C1. The van der Waals surface area contributed by atoms with Crippen LogP contribution in [-0.2, 0) is 24.2 Å². The monoisotopic (exact) mass is 259 g/mol. The van der Waals surface area contributed by atoms with Crippen LogP contribution in [0.4, 0.5) is 0 Å². The normalized spacial score (nSPS) is 18.5. The number of nitrogens with zero attached hydrogens (tertiary/aromatic N) is 2. The van der Waals surface area contributed by atoms with Crippen molar-refractivity contribution in [1.29, 1.82) is 0 Å². The predicted octanol–water partition coefficient (Wildman–Crippen LogP) is 1.20. The first-order valence-electron chi connectivity index (χ1n) is 6.54. The van der Waals surface area contributed by atoms with Gasteiger partial charge >= 0.3 is 5.97 Å². The van der Waals surface area contributed by atoms with E-state index in [-0.39, 0.29) is 6.42 Å². The molecule has 2 aromatic rings. The molecule has 0 radical (unpaired) electrons. The number of pyridine rings is 1. The van der Waals surface area contributed by atoms with Crippen molar-refractivity contribution in [1.82, 2.24) is 14.9 Å². The molecule has 0 aromatic carbocycles. The molecule has 0 aliphatic carbocycles. The molecule has 1 aliphatic heterocycles. The first-order chi connectivity index (χ1) is 9.20. The van der Waals surface area contributed by atoms with E-state index in [1.54, 1.807) is 6.20 Å². The number of hydrogen-bond acceptors (Lipinski definition) is 3. The van der Waals surface area contributed by atoms with Gasteiger partial charge in [-0.2, -0.15) is 0 Å². The van der Waals surface area contributed by atoms with E-state index in [9.17, 15) is 4.79 Å². The Kier molecular flexibility index (Phi) is 2.98. The van der Waals surface area contributed by atoms with E-state index in [0.717, 1.165) is 41.7 Å². The lowest BCUT2D eigenvalue weighted by molar-refractivity contribution is -0.136. The third kappa shape index (κ3) is 2.00. The van der Waals surface area contributed by atoms with Gasteiger partial charge in [-0.15, -0.1) is 0 Å². The van der Waals surface area contributed by atoms with Crippen molar-refractivity contribution in [3.05, 3.63) is 29.6 Å². The van der Waals surface area contributed by atoms with Gasteiger partial charge in [-0.25, -0.2) is 4.98 Å². The van der Waals surface area contributed by atoms with E-state index in [2.05, 4.69) is 14.9 Å². The van der Waals surface area contributed by atoms with Gasteiger partial charge in [0.15, 0.2) is 0 Å². The molecule has 0 bridgehead atoms. The van der Waals surface area contributed by atoms with E-state index < -0.39 is 5.97 Å². The van der Waals surface area contributed by atoms with Crippen LogP contribution in [0.3, 0.4) is 0 Å². The smallest absolute Gasteiger partial charge is 0.307 e. The molecule has 100 valence electrons. The van der Waals surface area contributed by atoms with Crippen molar-refractivity contribution in [3.8, 4) is 0 Å². The lowest BCUT2D eigenvalue weighted by atomic mass is 10.0. The van der Waals surface area contributed by atoms with Crippen molar-refractivity contribution in [3.63, 3.8) is 0 Å². The third-order valence-corrected chi connectivity index (χ3v) is 3.91. The molecule has 0 saturated carbocycles. The number of hydrogen-bond donors (Lipinski definition) is 2. The second-order valence-corrected chi connectivity index (χ2v) is 5.01. The van der Waals surface area contributed by atoms with Crippen molar-refractivity contribution in [2.75, 3.05) is 7.05 Å². The first-order valence-corrected chi connectivity index (χ1v) is 6.54. The van der Waals surface area contributed by atoms with E-state index in [1.165, 1.54) is 0 Å². The fourth-order valence-corrected chi connectivity index (χ4v) is 2.98. The molecule has 0 fully saturated rings. The number of rotatable bonds is 3. The maximum atomic E-state index is 11.1. The van der Waals surface area contributed by atoms with E-state index in [0.29, 0.717) is 6.04 Å². The van der Waals surface area contributed by atoms with Crippen molar-refractivity contribution >= 4 is 17.0 Å². The van der Waals surface area contributed by atoms with Crippen LogP contribution in [-0.4, -0.2) is 33.7 Å². The highest BCUT2D eigenvalue weighted by atomic mass is 16.4. The second-order valence-electron chi connectivity index (χ2n) is 5.01. The van der Waals surface area contributed by atoms with Gasteiger partial charge in [-0.3, -0.25) is 4.79 Å². The molecule has 0 saturated heterocycles. The van der Waals surface area contributed by atoms with Gasteiger partial charge in [0.1, 0.15) is 5.65 Å². The number of carboxylic acids is 1. The number of carbonyl (C=O) groups is 1. The quantitative estimate of drug-likeness (QED) is 0.869. The highest BCUT2D eigenvalue weighted by Crippen LogP contribution is 2.29. The van der Waals surface area contributed by atoms with Crippen LogP contribution >= 0.6 is 0 Å². The van der Waals surface area contributed by atoms with Crippen molar-refractivity contribution in [2.45, 2.75) is 31.8 Å². The lowest BCUT2D eigenvalue weighted by Gasteiger charge is -2.25. The molecule has 1 atom stereocenters. The number of nitrogens with one attached hydrogen (secondary N) is 1. The molecule has 3 heterocycles. The highest BCUT2D eigenvalue weighted by Gasteiger charge is 2.25. The van der Waals surface area contributed by atoms with Crippen LogP contribution in [0.2, 0.25) is 0 Å². The highest BCUT2D eigenvalue weighted by molar-refractivity contribution is 5.86. The van der Waals surface area contributed by atoms with Crippen LogP contribution in [0, 0.1) is 0 Å². The molecule has 5 nitrogen and oxygen atoms in total. The summed E-state index contributed by atoms with van der Waals surface area (Å²) in [7, 11) is 1.97. The van der Waals surface area contributed by atoms with Gasteiger partial charge in [0.25, 0.3) is 0 Å². The van der Waals surface area contributed by atoms with Crippen LogP contribution < -0.4 is 5.32 Å². The molecule has 2 aromatic heterocycles. The molecule has 0 unspecified atom stereocenters. The summed E-state index contributed by atoms with van der Waals surface area (Å²) in [6.07, 6.45) is 3.79. The summed E-state index contributed by atoms with van der Waals surface area (Å²) in [5.74, 6) is -0.783. The van der Waals surface area contributed by atoms with Crippen molar-refractivity contribution < 1.29 is 9.90 Å². The molecule has 5 heteroatoms. The molecule has 0 spiro atoms. The summed E-state index contributed by atoms with van der Waals surface area (Å²) >= 11 is 0. The number of aromatic nitrogens is 2. The van der Waals surface area contributed by atoms with Crippen LogP contribution in [0.25, 0.3) is 11.0 Å². The van der Waals surface area contributed by atoms with Gasteiger partial charge in [0.05, 0.1) is 6.42 Å². The van der Waals surface area contributed by atoms with Gasteiger partial charge in [0.2, 0.25) is 0 Å². The largest absolute Gasteiger partial charge is 0.481 e. The Balaban J connectivity index is 2.18. The van der Waals surface area contributed by atoms with Crippen molar-refractivity contribution in [2.24, 2.45) is 0 Å². The Hall–Kier alpha value is -1.88. The Morgan fingerprint density at radius 2 is 2.47 bits per heavy atom. The second kappa shape index (κ2) is 4.66. The summed E-state index contributed by atoms with van der Waals surface area (Å²) in [6.45, 7) is 0.860. The third-order valence-electron chi connectivity index (χ3n) is 3.91. The average molecular weight is 259 g/mol. The summed E-state index contributed by atoms with van der Waals surface area (Å²) in [5, 5.41) is 13.4. The fraction of sp³-hybridized carbons (Fsp3) is 0.429. The maximum absolute atomic E-state index is 11.1. The minimum Gasteiger partial charge on any atom is -0.481 e. The topological polar surface area (TPSA) is 67.2 Å². The average Bonchev–Trinajstić information content (AvgIpc) is 2.73. The Bertz CT molecular complexity index is 633. The molecule has 1 aliphatic rings. The van der Waals surface area contributed by atoms with E-state index in [4.69, 9.17) is 5.11 Å². The standard InChI is InChI=1S/C14H17N3O2/c1-15-9-4-5-12-11(7-13(18)19)10-3-2-6-16-14(10)17(12)8-9/h2-3,6,9,15H,4-5,7-8H2,1H3,(H,18,19)/t9-/m1/s1. The zero-order valence-corrected chi connectivity index (χ0v) is 10.9. The van der Waals surface area contributed by atoms with Gasteiger partial charge in [-0.05, 0) is 37.6 Å². The molecular weight excluding hydrogens is 242 g/mol. The zero-order chi connectivity index (χ0) is 13.4. The minimum absolute atomic E-state index is 0.0781. The molecule has 19 heavy (non-hydrogen) atoms. The maximum Gasteiger partial charge on any atom is 0.307 e. The molecule has 3 rings (SSSR count). The Morgan fingerprint density at radius 1 is 1.63 bits per heavy atom. The fourth-order valence-electron chi connectivity index (χ4n) is 2.98. The first kappa shape index (κ1) is 12.2. The van der Waals surface area contributed by atoms with E-state index >= 15 is 0 Å². The summed E-state index contributed by atoms with van der Waals surface area (Å²) in [4.78, 5) is 15.5. The Morgan fingerprint density at radius 3 is 3.21 bits per heavy atom. The zero-order valence-electron chi connectivity index (χ0n) is 10.9. The molecular formula is C14H17N3O2. The Labute approximate surface area is 111 Å². The summed E-state index contributed by atoms with van der Waals surface area (Å²) in [6, 6.07) is 4.28. The molecule has 2 N–H and O–H groups in total. The lowest BCUT2D eigenvalue weighted by Crippen LogP contribution is -2.35. The van der Waals surface area contributed by atoms with Gasteiger partial charge in [-0.1, -0.05) is 0 Å². The van der Waals surface area contributed by atoms with E-state index in [1.807, 2.05) is 19.2 Å². The predicted molar refractivity (Wildman–Crippen MR) is 72.2 cm³/mol. The van der Waals surface area contributed by atoms with Crippen LogP contribution in [0.1, 0.15) is 17.7 Å². The summed E-state index contributed by atoms with van der Waals surface area (Å²) < 4.78 is 2.18. The number of likely N-dealkylation sites (N-methyl/N-ethyl adjacent to an activating group) is 1. The van der Waals surface area contributed by atoms with Gasteiger partial charge < -0.3 is 15.0 Å². The van der Waals surface area contributed by atoms with Gasteiger partial charge in [0, 0.05) is 29.9 Å².